The Kier molecular flexibility index (Phi) is 2.36. The lowest BCUT2D eigenvalue weighted by Gasteiger charge is -2.40. The third-order valence-corrected chi connectivity index (χ3v) is 4.32. The summed E-state index contributed by atoms with van der Waals surface area (Å²) in [5.74, 6) is 0.198. The molecule has 94 valence electrons. The van der Waals surface area contributed by atoms with Crippen LogP contribution in [0.5, 0.6) is 0 Å². The second kappa shape index (κ2) is 3.80. The molecule has 0 aromatic heterocycles. The molecule has 1 aromatic carbocycles. The van der Waals surface area contributed by atoms with Crippen LogP contribution in [0.3, 0.4) is 0 Å². The Bertz CT molecular complexity index is 523. The second-order valence-electron chi connectivity index (χ2n) is 5.12. The normalized spacial score (nSPS) is 24.7. The maximum Gasteiger partial charge on any atom is 0.269 e. The molecule has 1 saturated heterocycles. The highest BCUT2D eigenvalue weighted by atomic mass is 16.6. The Hall–Kier alpha value is -1.91. The second-order valence-corrected chi connectivity index (χ2v) is 5.12. The van der Waals surface area contributed by atoms with Gasteiger partial charge in [-0.15, -0.1) is 0 Å². The van der Waals surface area contributed by atoms with Crippen molar-refractivity contribution in [3.63, 3.8) is 0 Å². The smallest absolute Gasteiger partial charge is 0.269 e. The Balaban J connectivity index is 1.97. The van der Waals surface area contributed by atoms with Crippen molar-refractivity contribution in [3.05, 3.63) is 39.9 Å². The lowest BCUT2D eigenvalue weighted by atomic mass is 9.61. The summed E-state index contributed by atoms with van der Waals surface area (Å²) in [5, 5.41) is 13.7. The molecular formula is C13H14N2O3. The van der Waals surface area contributed by atoms with Crippen molar-refractivity contribution >= 4 is 11.6 Å². The van der Waals surface area contributed by atoms with Gasteiger partial charge in [-0.25, -0.2) is 0 Å². The van der Waals surface area contributed by atoms with Crippen LogP contribution in [-0.4, -0.2) is 17.4 Å². The van der Waals surface area contributed by atoms with Gasteiger partial charge in [0, 0.05) is 24.6 Å². The zero-order valence-electron chi connectivity index (χ0n) is 9.89. The molecule has 1 aliphatic heterocycles. The van der Waals surface area contributed by atoms with Crippen LogP contribution in [-0.2, 0) is 4.79 Å². The summed E-state index contributed by atoms with van der Waals surface area (Å²) in [4.78, 5) is 22.3. The number of nitro benzene ring substituents is 1. The van der Waals surface area contributed by atoms with E-state index < -0.39 is 0 Å². The van der Waals surface area contributed by atoms with Gasteiger partial charge < -0.3 is 5.32 Å². The van der Waals surface area contributed by atoms with Crippen molar-refractivity contribution in [1.29, 1.82) is 0 Å². The molecule has 1 N–H and O–H groups in total. The molecule has 1 unspecified atom stereocenters. The van der Waals surface area contributed by atoms with Gasteiger partial charge in [-0.3, -0.25) is 14.9 Å². The number of carbonyl (C=O) groups excluding carboxylic acids is 1. The van der Waals surface area contributed by atoms with Crippen molar-refractivity contribution < 1.29 is 9.72 Å². The number of amides is 1. The number of nitro groups is 1. The van der Waals surface area contributed by atoms with Gasteiger partial charge in [-0.1, -0.05) is 18.6 Å². The average molecular weight is 246 g/mol. The maximum atomic E-state index is 11.9. The zero-order valence-corrected chi connectivity index (χ0v) is 9.89. The molecule has 2 aliphatic rings. The Morgan fingerprint density at radius 2 is 2.17 bits per heavy atom. The number of benzene rings is 1. The lowest BCUT2D eigenvalue weighted by Crippen LogP contribution is -2.40. The molecule has 3 rings (SSSR count). The lowest BCUT2D eigenvalue weighted by molar-refractivity contribution is -0.384. The number of nitrogens with zero attached hydrogens (tertiary/aromatic N) is 1. The van der Waals surface area contributed by atoms with Gasteiger partial charge in [0.2, 0.25) is 5.91 Å². The van der Waals surface area contributed by atoms with Gasteiger partial charge in [-0.2, -0.15) is 0 Å². The summed E-state index contributed by atoms with van der Waals surface area (Å²) in [7, 11) is 0. The number of hydrogen-bond donors (Lipinski definition) is 1. The predicted octanol–water partition coefficient (Wildman–Crippen LogP) is 1.98. The Morgan fingerprint density at radius 3 is 2.78 bits per heavy atom. The Morgan fingerprint density at radius 1 is 1.39 bits per heavy atom. The van der Waals surface area contributed by atoms with E-state index in [1.54, 1.807) is 12.1 Å². The fourth-order valence-electron chi connectivity index (χ4n) is 3.15. The number of nitrogens with one attached hydrogen (secondary N) is 1. The van der Waals surface area contributed by atoms with Crippen LogP contribution in [0.25, 0.3) is 0 Å². The van der Waals surface area contributed by atoms with Crippen LogP contribution in [0.1, 0.15) is 30.7 Å². The van der Waals surface area contributed by atoms with Crippen molar-refractivity contribution in [3.8, 4) is 0 Å². The molecule has 2 fully saturated rings. The predicted molar refractivity (Wildman–Crippen MR) is 65.1 cm³/mol. The zero-order chi connectivity index (χ0) is 12.8. The van der Waals surface area contributed by atoms with E-state index in [1.807, 2.05) is 6.07 Å². The monoisotopic (exact) mass is 246 g/mol. The first-order chi connectivity index (χ1) is 8.63. The van der Waals surface area contributed by atoms with Crippen LogP contribution < -0.4 is 5.32 Å². The number of hydrogen-bond acceptors (Lipinski definition) is 3. The van der Waals surface area contributed by atoms with E-state index in [0.717, 1.165) is 24.8 Å². The molecule has 5 nitrogen and oxygen atoms in total. The van der Waals surface area contributed by atoms with E-state index in [-0.39, 0.29) is 27.9 Å². The van der Waals surface area contributed by atoms with Gasteiger partial charge in [0.05, 0.1) is 10.3 Å². The van der Waals surface area contributed by atoms with Crippen LogP contribution in [0, 0.1) is 15.5 Å². The maximum absolute atomic E-state index is 11.9. The molecule has 1 heterocycles. The minimum Gasteiger partial charge on any atom is -0.355 e. The third-order valence-electron chi connectivity index (χ3n) is 4.32. The first-order valence-corrected chi connectivity index (χ1v) is 6.16. The molecule has 1 atom stereocenters. The van der Waals surface area contributed by atoms with E-state index in [2.05, 4.69) is 5.32 Å². The van der Waals surface area contributed by atoms with Crippen molar-refractivity contribution in [2.24, 2.45) is 5.41 Å². The first-order valence-electron chi connectivity index (χ1n) is 6.16. The van der Waals surface area contributed by atoms with Gasteiger partial charge in [0.1, 0.15) is 0 Å². The molecule has 18 heavy (non-hydrogen) atoms. The summed E-state index contributed by atoms with van der Waals surface area (Å²) in [6, 6.07) is 6.67. The van der Waals surface area contributed by atoms with Crippen molar-refractivity contribution in [1.82, 2.24) is 5.32 Å². The molecule has 1 spiro atoms. The van der Waals surface area contributed by atoms with Gasteiger partial charge in [-0.05, 0) is 18.4 Å². The molecular weight excluding hydrogens is 232 g/mol. The highest BCUT2D eigenvalue weighted by Gasteiger charge is 2.54. The van der Waals surface area contributed by atoms with Crippen LogP contribution in [0.2, 0.25) is 0 Å². The van der Waals surface area contributed by atoms with E-state index in [9.17, 15) is 14.9 Å². The Labute approximate surface area is 104 Å². The molecule has 1 aliphatic carbocycles. The quantitative estimate of drug-likeness (QED) is 0.640. The largest absolute Gasteiger partial charge is 0.355 e. The van der Waals surface area contributed by atoms with Crippen molar-refractivity contribution in [2.75, 3.05) is 6.54 Å². The molecule has 5 heteroatoms. The first kappa shape index (κ1) is 11.2. The molecule has 0 radical (unpaired) electrons. The van der Waals surface area contributed by atoms with Crippen LogP contribution in [0.15, 0.2) is 24.3 Å². The van der Waals surface area contributed by atoms with E-state index in [0.29, 0.717) is 6.54 Å². The highest BCUT2D eigenvalue weighted by Crippen LogP contribution is 2.54. The standard InChI is InChI=1S/C13H14N2O3/c16-12-13(5-2-6-13)11(8-14-12)9-3-1-4-10(7-9)15(17)18/h1,3-4,7,11H,2,5-6,8H2,(H,14,16). The summed E-state index contributed by atoms with van der Waals surface area (Å²) in [6.45, 7) is 0.597. The van der Waals surface area contributed by atoms with Gasteiger partial charge >= 0.3 is 0 Å². The van der Waals surface area contributed by atoms with Crippen LogP contribution >= 0.6 is 0 Å². The molecule has 1 aromatic rings. The summed E-state index contributed by atoms with van der Waals surface area (Å²) >= 11 is 0. The summed E-state index contributed by atoms with van der Waals surface area (Å²) in [5.41, 5.74) is 0.707. The highest BCUT2D eigenvalue weighted by molar-refractivity contribution is 5.87. The minimum absolute atomic E-state index is 0.0821. The topological polar surface area (TPSA) is 72.2 Å². The number of non-ortho nitro benzene ring substituents is 1. The average Bonchev–Trinajstić information content (AvgIpc) is 2.66. The van der Waals surface area contributed by atoms with E-state index in [1.165, 1.54) is 6.07 Å². The van der Waals surface area contributed by atoms with Crippen LogP contribution in [0.4, 0.5) is 5.69 Å². The fourth-order valence-corrected chi connectivity index (χ4v) is 3.15. The third kappa shape index (κ3) is 1.43. The molecule has 0 bridgehead atoms. The summed E-state index contributed by atoms with van der Waals surface area (Å²) in [6.07, 6.45) is 2.86. The SMILES string of the molecule is O=C1NCC(c2cccc([N+](=O)[O-])c2)C12CCC2. The van der Waals surface area contributed by atoms with Gasteiger partial charge in [0.15, 0.2) is 0 Å². The van der Waals surface area contributed by atoms with E-state index in [4.69, 9.17) is 0 Å². The number of carbonyl (C=O) groups is 1. The molecule has 1 saturated carbocycles. The van der Waals surface area contributed by atoms with E-state index >= 15 is 0 Å². The molecule has 1 amide bonds. The minimum atomic E-state index is -0.388. The fraction of sp³-hybridized carbons (Fsp3) is 0.462. The van der Waals surface area contributed by atoms with Crippen molar-refractivity contribution in [2.45, 2.75) is 25.2 Å². The number of rotatable bonds is 2. The van der Waals surface area contributed by atoms with Gasteiger partial charge in [0.25, 0.3) is 5.69 Å². The summed E-state index contributed by atoms with van der Waals surface area (Å²) < 4.78 is 0.